The van der Waals surface area contributed by atoms with Gasteiger partial charge in [0, 0.05) is 11.4 Å². The largest absolute Gasteiger partial charge is 0.495 e. The van der Waals surface area contributed by atoms with Crippen LogP contribution >= 0.6 is 11.6 Å². The average molecular weight is 453 g/mol. The first-order chi connectivity index (χ1) is 13.7. The van der Waals surface area contributed by atoms with Gasteiger partial charge in [0.15, 0.2) is 0 Å². The first-order valence-corrected chi connectivity index (χ1v) is 11.6. The molecule has 3 rings (SSSR count). The van der Waals surface area contributed by atoms with Crippen LogP contribution in [0.2, 0.25) is 5.02 Å². The third-order valence-corrected chi connectivity index (χ3v) is 6.95. The van der Waals surface area contributed by atoms with Crippen LogP contribution < -0.4 is 14.2 Å². The van der Waals surface area contributed by atoms with E-state index in [-0.39, 0.29) is 20.5 Å². The van der Waals surface area contributed by atoms with Gasteiger partial charge in [0.2, 0.25) is 0 Å². The van der Waals surface area contributed by atoms with Crippen LogP contribution in [-0.4, -0.2) is 23.9 Å². The summed E-state index contributed by atoms with van der Waals surface area (Å²) in [5.41, 5.74) is 0.629. The van der Waals surface area contributed by atoms with Gasteiger partial charge < -0.3 is 4.74 Å². The maximum absolute atomic E-state index is 12.5. The van der Waals surface area contributed by atoms with Gasteiger partial charge in [-0.15, -0.1) is 0 Å². The highest BCUT2D eigenvalue weighted by Gasteiger charge is 2.18. The van der Waals surface area contributed by atoms with Gasteiger partial charge in [0.1, 0.15) is 5.75 Å². The van der Waals surface area contributed by atoms with E-state index < -0.39 is 20.0 Å². The number of ether oxygens (including phenoxy) is 1. The number of halogens is 1. The summed E-state index contributed by atoms with van der Waals surface area (Å²) in [7, 11) is -6.28. The van der Waals surface area contributed by atoms with Crippen LogP contribution in [0.15, 0.2) is 82.6 Å². The van der Waals surface area contributed by atoms with Gasteiger partial charge in [-0.05, 0) is 54.6 Å². The Kier molecular flexibility index (Phi) is 6.02. The lowest BCUT2D eigenvalue weighted by atomic mass is 10.3. The summed E-state index contributed by atoms with van der Waals surface area (Å²) in [6.07, 6.45) is 0. The molecule has 10 heteroatoms. The van der Waals surface area contributed by atoms with Crippen molar-refractivity contribution >= 4 is 43.0 Å². The quantitative estimate of drug-likeness (QED) is 0.565. The number of nitrogens with one attached hydrogen (secondary N) is 2. The molecular weight excluding hydrogens is 436 g/mol. The van der Waals surface area contributed by atoms with Crippen LogP contribution in [0.25, 0.3) is 0 Å². The topological polar surface area (TPSA) is 102 Å². The zero-order valence-electron chi connectivity index (χ0n) is 15.2. The predicted molar refractivity (Wildman–Crippen MR) is 113 cm³/mol. The van der Waals surface area contributed by atoms with Crippen LogP contribution in [0.4, 0.5) is 11.4 Å². The first kappa shape index (κ1) is 21.0. The van der Waals surface area contributed by atoms with Gasteiger partial charge in [-0.3, -0.25) is 9.44 Å². The van der Waals surface area contributed by atoms with Crippen molar-refractivity contribution in [3.8, 4) is 5.75 Å². The second-order valence-electron chi connectivity index (χ2n) is 5.90. The fourth-order valence-corrected chi connectivity index (χ4v) is 4.92. The number of para-hydroxylation sites is 1. The minimum Gasteiger partial charge on any atom is -0.495 e. The Hall–Kier alpha value is -2.75. The molecule has 7 nitrogen and oxygen atoms in total. The molecule has 0 aliphatic rings. The summed E-state index contributed by atoms with van der Waals surface area (Å²) in [5.74, 6) is 0.353. The van der Waals surface area contributed by atoms with Crippen molar-refractivity contribution in [1.82, 2.24) is 0 Å². The highest BCUT2D eigenvalue weighted by atomic mass is 35.5. The SMILES string of the molecule is COc1ccc(S(=O)(=O)Nc2ccc(S(=O)(=O)Nc3ccccc3)cc2)cc1Cl. The number of anilines is 2. The molecule has 152 valence electrons. The van der Waals surface area contributed by atoms with Crippen LogP contribution in [0.5, 0.6) is 5.75 Å². The molecule has 0 fully saturated rings. The molecule has 3 aromatic rings. The highest BCUT2D eigenvalue weighted by Crippen LogP contribution is 2.28. The van der Waals surface area contributed by atoms with Gasteiger partial charge in [-0.2, -0.15) is 0 Å². The third-order valence-electron chi connectivity index (χ3n) is 3.88. The molecule has 0 saturated carbocycles. The van der Waals surface area contributed by atoms with Crippen molar-refractivity contribution in [3.05, 3.63) is 77.8 Å². The zero-order chi connectivity index (χ0) is 21.1. The van der Waals surface area contributed by atoms with Crippen LogP contribution in [0.1, 0.15) is 0 Å². The molecule has 0 spiro atoms. The van der Waals surface area contributed by atoms with E-state index >= 15 is 0 Å². The number of hydrogen-bond donors (Lipinski definition) is 2. The second kappa shape index (κ2) is 8.32. The number of sulfonamides is 2. The molecule has 0 heterocycles. The summed E-state index contributed by atoms with van der Waals surface area (Å²) in [6, 6.07) is 17.9. The van der Waals surface area contributed by atoms with E-state index in [0.29, 0.717) is 11.4 Å². The monoisotopic (exact) mass is 452 g/mol. The summed E-state index contributed by atoms with van der Waals surface area (Å²) < 4.78 is 59.8. The molecule has 0 saturated heterocycles. The fourth-order valence-electron chi connectivity index (χ4n) is 2.45. The first-order valence-electron chi connectivity index (χ1n) is 8.25. The van der Waals surface area contributed by atoms with E-state index in [0.717, 1.165) is 0 Å². The summed E-state index contributed by atoms with van der Waals surface area (Å²) in [5, 5.41) is 0.156. The molecule has 0 aliphatic heterocycles. The normalized spacial score (nSPS) is 11.7. The maximum atomic E-state index is 12.5. The lowest BCUT2D eigenvalue weighted by molar-refractivity contribution is 0.414. The van der Waals surface area contributed by atoms with Gasteiger partial charge in [-0.25, -0.2) is 16.8 Å². The Balaban J connectivity index is 1.79. The smallest absolute Gasteiger partial charge is 0.261 e. The highest BCUT2D eigenvalue weighted by molar-refractivity contribution is 7.93. The van der Waals surface area contributed by atoms with Gasteiger partial charge in [-0.1, -0.05) is 29.8 Å². The zero-order valence-corrected chi connectivity index (χ0v) is 17.6. The number of benzene rings is 3. The van der Waals surface area contributed by atoms with Gasteiger partial charge >= 0.3 is 0 Å². The predicted octanol–water partition coefficient (Wildman–Crippen LogP) is 3.95. The third kappa shape index (κ3) is 5.00. The summed E-state index contributed by atoms with van der Waals surface area (Å²) >= 11 is 5.99. The molecule has 0 atom stereocenters. The molecular formula is C19H17ClN2O5S2. The Morgan fingerprint density at radius 1 is 0.724 bits per heavy atom. The number of hydrogen-bond acceptors (Lipinski definition) is 5. The molecule has 0 unspecified atom stereocenters. The van der Waals surface area contributed by atoms with Crippen LogP contribution in [0.3, 0.4) is 0 Å². The van der Waals surface area contributed by atoms with Crippen molar-refractivity contribution in [2.45, 2.75) is 9.79 Å². The Bertz CT molecular complexity index is 1210. The molecule has 0 amide bonds. The standard InChI is InChI=1S/C19H17ClN2O5S2/c1-27-19-12-11-17(13-18(19)20)29(25,26)22-15-7-9-16(10-8-15)28(23,24)21-14-5-3-2-4-6-14/h2-13,21-22H,1H3. The van der Waals surface area contributed by atoms with E-state index in [1.54, 1.807) is 30.3 Å². The minimum absolute atomic E-state index is 0.00297. The number of methoxy groups -OCH3 is 1. The molecule has 29 heavy (non-hydrogen) atoms. The van der Waals surface area contributed by atoms with Crippen molar-refractivity contribution in [2.75, 3.05) is 16.6 Å². The van der Waals surface area contributed by atoms with Crippen molar-refractivity contribution in [2.24, 2.45) is 0 Å². The number of rotatable bonds is 7. The van der Waals surface area contributed by atoms with Crippen LogP contribution in [0, 0.1) is 0 Å². The van der Waals surface area contributed by atoms with Crippen molar-refractivity contribution in [3.63, 3.8) is 0 Å². The molecule has 0 bridgehead atoms. The lowest BCUT2D eigenvalue weighted by Gasteiger charge is -2.11. The lowest BCUT2D eigenvalue weighted by Crippen LogP contribution is -2.14. The Morgan fingerprint density at radius 2 is 1.24 bits per heavy atom. The molecule has 0 aliphatic carbocycles. The van der Waals surface area contributed by atoms with Gasteiger partial charge in [0.05, 0.1) is 21.9 Å². The summed E-state index contributed by atoms with van der Waals surface area (Å²) in [4.78, 5) is -0.0532. The molecule has 2 N–H and O–H groups in total. The summed E-state index contributed by atoms with van der Waals surface area (Å²) in [6.45, 7) is 0. The van der Waals surface area contributed by atoms with Crippen LogP contribution in [-0.2, 0) is 20.0 Å². The minimum atomic E-state index is -3.91. The maximum Gasteiger partial charge on any atom is 0.261 e. The molecule has 0 aromatic heterocycles. The average Bonchev–Trinajstić information content (AvgIpc) is 2.68. The van der Waals surface area contributed by atoms with E-state index in [1.807, 2.05) is 0 Å². The van der Waals surface area contributed by atoms with Crippen molar-refractivity contribution < 1.29 is 21.6 Å². The Morgan fingerprint density at radius 3 is 1.79 bits per heavy atom. The van der Waals surface area contributed by atoms with E-state index in [9.17, 15) is 16.8 Å². The van der Waals surface area contributed by atoms with E-state index in [4.69, 9.17) is 16.3 Å². The van der Waals surface area contributed by atoms with Crippen molar-refractivity contribution in [1.29, 1.82) is 0 Å². The van der Waals surface area contributed by atoms with Gasteiger partial charge in [0.25, 0.3) is 20.0 Å². The molecule has 0 radical (unpaired) electrons. The second-order valence-corrected chi connectivity index (χ2v) is 9.67. The van der Waals surface area contributed by atoms with E-state index in [1.165, 1.54) is 49.6 Å². The fraction of sp³-hybridized carbons (Fsp3) is 0.0526. The Labute approximate surface area is 174 Å². The van der Waals surface area contributed by atoms with E-state index in [2.05, 4.69) is 9.44 Å². The molecule has 3 aromatic carbocycles.